The summed E-state index contributed by atoms with van der Waals surface area (Å²) >= 11 is 0. The molecule has 0 heterocycles. The summed E-state index contributed by atoms with van der Waals surface area (Å²) in [5, 5.41) is 0. The van der Waals surface area contributed by atoms with Crippen LogP contribution in [0.25, 0.3) is 0 Å². The number of carbonyl (C=O) groups is 3. The topological polar surface area (TPSA) is 78.9 Å². The third-order valence-electron chi connectivity index (χ3n) is 7.41. The summed E-state index contributed by atoms with van der Waals surface area (Å²) in [7, 11) is 0. The molecule has 0 N–H and O–H groups in total. The van der Waals surface area contributed by atoms with Gasteiger partial charge in [-0.3, -0.25) is 14.4 Å². The maximum absolute atomic E-state index is 11.4. The molecule has 4 aromatic carbocycles. The van der Waals surface area contributed by atoms with Crippen molar-refractivity contribution in [3.05, 3.63) is 125 Å². The monoisotopic (exact) mass is 550 g/mol. The van der Waals surface area contributed by atoms with Gasteiger partial charge in [0, 0.05) is 31.6 Å². The van der Waals surface area contributed by atoms with Crippen LogP contribution in [-0.2, 0) is 25.2 Å². The van der Waals surface area contributed by atoms with Crippen LogP contribution in [0.2, 0.25) is 0 Å². The van der Waals surface area contributed by atoms with Gasteiger partial charge in [-0.05, 0) is 71.1 Å². The molecule has 0 aromatic heterocycles. The van der Waals surface area contributed by atoms with Crippen LogP contribution >= 0.6 is 0 Å². The molecule has 0 atom stereocenters. The number of esters is 3. The normalized spacial score (nSPS) is 11.5. The first-order chi connectivity index (χ1) is 19.4. The number of hydrogen-bond donors (Lipinski definition) is 0. The van der Waals surface area contributed by atoms with Gasteiger partial charge in [-0.2, -0.15) is 0 Å². The van der Waals surface area contributed by atoms with E-state index < -0.39 is 5.41 Å². The van der Waals surface area contributed by atoms with Gasteiger partial charge in [-0.1, -0.05) is 74.5 Å². The molecule has 41 heavy (non-hydrogen) atoms. The Hall–Kier alpha value is -4.71. The average molecular weight is 551 g/mol. The number of rotatable bonds is 8. The van der Waals surface area contributed by atoms with E-state index in [2.05, 4.69) is 45.0 Å². The summed E-state index contributed by atoms with van der Waals surface area (Å²) in [4.78, 5) is 34.2. The second-order valence-electron chi connectivity index (χ2n) is 10.7. The first-order valence-electron chi connectivity index (χ1n) is 13.4. The fraction of sp³-hybridized carbons (Fsp3) is 0.229. The van der Waals surface area contributed by atoms with Crippen LogP contribution in [-0.4, -0.2) is 17.9 Å². The third kappa shape index (κ3) is 6.55. The SMILES string of the molecule is CC(=O)Oc1ccc(C(C)(C)c2ccc(C(C)(c3ccc(OC(C)=O)cc3)c3ccc(OC(C)=O)cc3)cc2)cc1. The molecule has 4 aromatic rings. The number of ether oxygens (including phenoxy) is 3. The van der Waals surface area contributed by atoms with Crippen LogP contribution in [0.1, 0.15) is 69.4 Å². The van der Waals surface area contributed by atoms with E-state index in [-0.39, 0.29) is 23.3 Å². The molecule has 0 aliphatic heterocycles. The van der Waals surface area contributed by atoms with Gasteiger partial charge >= 0.3 is 17.9 Å². The van der Waals surface area contributed by atoms with Crippen LogP contribution < -0.4 is 14.2 Å². The van der Waals surface area contributed by atoms with Crippen molar-refractivity contribution in [1.29, 1.82) is 0 Å². The molecule has 0 unspecified atom stereocenters. The van der Waals surface area contributed by atoms with Gasteiger partial charge in [0.15, 0.2) is 0 Å². The zero-order valence-corrected chi connectivity index (χ0v) is 24.2. The van der Waals surface area contributed by atoms with E-state index in [9.17, 15) is 14.4 Å². The van der Waals surface area contributed by atoms with Crippen molar-refractivity contribution < 1.29 is 28.6 Å². The van der Waals surface area contributed by atoms with Gasteiger partial charge in [-0.15, -0.1) is 0 Å². The molecule has 4 rings (SSSR count). The fourth-order valence-corrected chi connectivity index (χ4v) is 5.04. The lowest BCUT2D eigenvalue weighted by Gasteiger charge is -2.33. The van der Waals surface area contributed by atoms with Crippen LogP contribution in [0.5, 0.6) is 17.2 Å². The van der Waals surface area contributed by atoms with Gasteiger partial charge in [0.25, 0.3) is 0 Å². The predicted octanol–water partition coefficient (Wildman–Crippen LogP) is 7.14. The van der Waals surface area contributed by atoms with Crippen molar-refractivity contribution in [2.75, 3.05) is 0 Å². The van der Waals surface area contributed by atoms with E-state index in [0.717, 1.165) is 27.8 Å². The molecule has 0 spiro atoms. The molecule has 0 aliphatic carbocycles. The van der Waals surface area contributed by atoms with Crippen molar-refractivity contribution in [2.45, 2.75) is 52.4 Å². The Labute approximate surface area is 240 Å². The standard InChI is InChI=1S/C35H34O6/c1-23(36)39-31-17-11-27(12-18-31)34(4,5)26-7-9-28(10-8-26)35(6,29-13-19-32(20-14-29)40-24(2)37)30-15-21-33(22-16-30)41-25(3)38/h7-22H,1-6H3. The van der Waals surface area contributed by atoms with E-state index in [0.29, 0.717) is 17.2 Å². The lowest BCUT2D eigenvalue weighted by molar-refractivity contribution is -0.132. The van der Waals surface area contributed by atoms with Crippen molar-refractivity contribution in [2.24, 2.45) is 0 Å². The molecule has 0 fully saturated rings. The average Bonchev–Trinajstić information content (AvgIpc) is 2.93. The van der Waals surface area contributed by atoms with Crippen LogP contribution in [0.3, 0.4) is 0 Å². The molecule has 0 saturated heterocycles. The Balaban J connectivity index is 1.73. The molecule has 0 amide bonds. The van der Waals surface area contributed by atoms with E-state index in [1.807, 2.05) is 48.5 Å². The number of benzene rings is 4. The Morgan fingerprint density at radius 1 is 0.415 bits per heavy atom. The predicted molar refractivity (Wildman–Crippen MR) is 157 cm³/mol. The van der Waals surface area contributed by atoms with E-state index in [1.165, 1.54) is 20.8 Å². The molecule has 0 saturated carbocycles. The van der Waals surface area contributed by atoms with Crippen molar-refractivity contribution in [3.8, 4) is 17.2 Å². The molecule has 210 valence electrons. The number of carbonyl (C=O) groups excluding carboxylic acids is 3. The molecule has 6 heteroatoms. The highest BCUT2D eigenvalue weighted by Gasteiger charge is 2.32. The van der Waals surface area contributed by atoms with Gasteiger partial charge < -0.3 is 14.2 Å². The second kappa shape index (κ2) is 11.8. The first-order valence-corrected chi connectivity index (χ1v) is 13.4. The zero-order valence-electron chi connectivity index (χ0n) is 24.2. The van der Waals surface area contributed by atoms with Crippen LogP contribution in [0.4, 0.5) is 0 Å². The summed E-state index contributed by atoms with van der Waals surface area (Å²) in [5.41, 5.74) is 4.40. The Morgan fingerprint density at radius 3 is 0.902 bits per heavy atom. The highest BCUT2D eigenvalue weighted by Crippen LogP contribution is 2.41. The van der Waals surface area contributed by atoms with Gasteiger partial charge in [-0.25, -0.2) is 0 Å². The van der Waals surface area contributed by atoms with Gasteiger partial charge in [0.2, 0.25) is 0 Å². The Morgan fingerprint density at radius 2 is 0.634 bits per heavy atom. The van der Waals surface area contributed by atoms with Gasteiger partial charge in [0.1, 0.15) is 17.2 Å². The minimum atomic E-state index is -0.572. The van der Waals surface area contributed by atoms with Gasteiger partial charge in [0.05, 0.1) is 0 Å². The van der Waals surface area contributed by atoms with Crippen LogP contribution in [0, 0.1) is 0 Å². The smallest absolute Gasteiger partial charge is 0.308 e. The third-order valence-corrected chi connectivity index (χ3v) is 7.41. The quantitative estimate of drug-likeness (QED) is 0.132. The second-order valence-corrected chi connectivity index (χ2v) is 10.7. The Bertz CT molecular complexity index is 1470. The maximum Gasteiger partial charge on any atom is 0.308 e. The molecule has 6 nitrogen and oxygen atoms in total. The lowest BCUT2D eigenvalue weighted by atomic mass is 9.70. The molecule has 0 aliphatic rings. The maximum atomic E-state index is 11.4. The highest BCUT2D eigenvalue weighted by molar-refractivity contribution is 5.70. The summed E-state index contributed by atoms with van der Waals surface area (Å²) in [6.07, 6.45) is 0. The summed E-state index contributed by atoms with van der Waals surface area (Å²) < 4.78 is 15.7. The fourth-order valence-electron chi connectivity index (χ4n) is 5.04. The largest absolute Gasteiger partial charge is 0.427 e. The van der Waals surface area contributed by atoms with E-state index in [4.69, 9.17) is 14.2 Å². The van der Waals surface area contributed by atoms with Crippen molar-refractivity contribution >= 4 is 17.9 Å². The molecular weight excluding hydrogens is 516 g/mol. The summed E-state index contributed by atoms with van der Waals surface area (Å²) in [6, 6.07) is 31.1. The van der Waals surface area contributed by atoms with E-state index in [1.54, 1.807) is 24.3 Å². The van der Waals surface area contributed by atoms with E-state index >= 15 is 0 Å². The minimum absolute atomic E-state index is 0.305. The Kier molecular flexibility index (Phi) is 8.43. The van der Waals surface area contributed by atoms with Crippen LogP contribution in [0.15, 0.2) is 97.1 Å². The molecular formula is C35H34O6. The van der Waals surface area contributed by atoms with Crippen molar-refractivity contribution in [1.82, 2.24) is 0 Å². The zero-order chi connectivity index (χ0) is 29.8. The number of hydrogen-bond acceptors (Lipinski definition) is 6. The molecule has 0 radical (unpaired) electrons. The summed E-state index contributed by atoms with van der Waals surface area (Å²) in [5.74, 6) is 0.373. The van der Waals surface area contributed by atoms with Crippen molar-refractivity contribution in [3.63, 3.8) is 0 Å². The summed E-state index contributed by atoms with van der Waals surface area (Å²) in [6.45, 7) is 10.6. The molecule has 0 bridgehead atoms. The lowest BCUT2D eigenvalue weighted by Crippen LogP contribution is -2.26. The highest BCUT2D eigenvalue weighted by atomic mass is 16.5. The minimum Gasteiger partial charge on any atom is -0.427 e. The first kappa shape index (κ1) is 29.3.